The molecule has 19 heavy (non-hydrogen) atoms. The van der Waals surface area contributed by atoms with E-state index in [4.69, 9.17) is 0 Å². The van der Waals surface area contributed by atoms with Gasteiger partial charge in [-0.15, -0.1) is 5.10 Å². The molecule has 1 aromatic carbocycles. The SMILES string of the molecule is CCCc1nnsc1C(=O)Nc1ccc(F)c(Br)c1. The minimum Gasteiger partial charge on any atom is -0.321 e. The second-order valence-electron chi connectivity index (χ2n) is 3.88. The number of rotatable bonds is 4. The van der Waals surface area contributed by atoms with Crippen LogP contribution in [0.1, 0.15) is 28.7 Å². The zero-order chi connectivity index (χ0) is 13.8. The summed E-state index contributed by atoms with van der Waals surface area (Å²) < 4.78 is 17.2. The quantitative estimate of drug-likeness (QED) is 0.921. The van der Waals surface area contributed by atoms with Crippen molar-refractivity contribution in [1.82, 2.24) is 9.59 Å². The van der Waals surface area contributed by atoms with Crippen molar-refractivity contribution in [3.63, 3.8) is 0 Å². The molecule has 1 amide bonds. The summed E-state index contributed by atoms with van der Waals surface area (Å²) in [5.74, 6) is -0.638. The Kier molecular flexibility index (Phi) is 4.60. The van der Waals surface area contributed by atoms with Gasteiger partial charge in [-0.2, -0.15) is 0 Å². The van der Waals surface area contributed by atoms with Gasteiger partial charge in [0.15, 0.2) is 0 Å². The van der Waals surface area contributed by atoms with Crippen LogP contribution < -0.4 is 5.32 Å². The number of nitrogens with one attached hydrogen (secondary N) is 1. The van der Waals surface area contributed by atoms with Gasteiger partial charge in [-0.25, -0.2) is 4.39 Å². The lowest BCUT2D eigenvalue weighted by Crippen LogP contribution is -2.12. The van der Waals surface area contributed by atoms with Crippen LogP contribution in [-0.2, 0) is 6.42 Å². The molecule has 0 aliphatic heterocycles. The molecule has 2 rings (SSSR count). The van der Waals surface area contributed by atoms with Crippen molar-refractivity contribution in [3.8, 4) is 0 Å². The van der Waals surface area contributed by atoms with Gasteiger partial charge < -0.3 is 5.32 Å². The molecule has 0 saturated heterocycles. The van der Waals surface area contributed by atoms with Gasteiger partial charge in [0.05, 0.1) is 10.2 Å². The Morgan fingerprint density at radius 1 is 1.53 bits per heavy atom. The zero-order valence-corrected chi connectivity index (χ0v) is 12.5. The molecule has 1 aromatic heterocycles. The number of hydrogen-bond acceptors (Lipinski definition) is 4. The van der Waals surface area contributed by atoms with E-state index >= 15 is 0 Å². The Morgan fingerprint density at radius 3 is 3.00 bits per heavy atom. The third-order valence-corrected chi connectivity index (χ3v) is 3.80. The van der Waals surface area contributed by atoms with Gasteiger partial charge in [-0.1, -0.05) is 17.8 Å². The van der Waals surface area contributed by atoms with Crippen LogP contribution in [-0.4, -0.2) is 15.5 Å². The van der Waals surface area contributed by atoms with E-state index in [2.05, 4.69) is 30.8 Å². The van der Waals surface area contributed by atoms with Crippen LogP contribution in [0.25, 0.3) is 0 Å². The number of halogens is 2. The molecule has 0 radical (unpaired) electrons. The fraction of sp³-hybridized carbons (Fsp3) is 0.250. The maximum atomic E-state index is 13.1. The number of carbonyl (C=O) groups is 1. The normalized spacial score (nSPS) is 10.5. The molecule has 4 nitrogen and oxygen atoms in total. The topological polar surface area (TPSA) is 54.9 Å². The third kappa shape index (κ3) is 3.36. The van der Waals surface area contributed by atoms with Gasteiger partial charge in [-0.3, -0.25) is 4.79 Å². The van der Waals surface area contributed by atoms with Crippen molar-refractivity contribution in [2.24, 2.45) is 0 Å². The second-order valence-corrected chi connectivity index (χ2v) is 5.49. The Hall–Kier alpha value is -1.34. The van der Waals surface area contributed by atoms with E-state index < -0.39 is 0 Å². The summed E-state index contributed by atoms with van der Waals surface area (Å²) in [6, 6.07) is 4.31. The van der Waals surface area contributed by atoms with Crippen molar-refractivity contribution in [3.05, 3.63) is 39.1 Å². The minimum atomic E-state index is -0.371. The lowest BCUT2D eigenvalue weighted by Gasteiger charge is -2.05. The molecule has 0 aliphatic rings. The van der Waals surface area contributed by atoms with Crippen LogP contribution in [0.5, 0.6) is 0 Å². The number of benzene rings is 1. The molecular formula is C12H11BrFN3OS. The van der Waals surface area contributed by atoms with Crippen LogP contribution in [0.3, 0.4) is 0 Å². The average molecular weight is 344 g/mol. The number of anilines is 1. The van der Waals surface area contributed by atoms with E-state index in [-0.39, 0.29) is 11.7 Å². The average Bonchev–Trinajstić information content (AvgIpc) is 2.83. The smallest absolute Gasteiger partial charge is 0.269 e. The monoisotopic (exact) mass is 343 g/mol. The number of amides is 1. The number of aromatic nitrogens is 2. The van der Waals surface area contributed by atoms with E-state index in [0.29, 0.717) is 27.2 Å². The Bertz CT molecular complexity index is 602. The van der Waals surface area contributed by atoms with Crippen molar-refractivity contribution in [1.29, 1.82) is 0 Å². The maximum Gasteiger partial charge on any atom is 0.269 e. The number of nitrogens with zero attached hydrogens (tertiary/aromatic N) is 2. The summed E-state index contributed by atoms with van der Waals surface area (Å²) >= 11 is 4.14. The highest BCUT2D eigenvalue weighted by Crippen LogP contribution is 2.21. The van der Waals surface area contributed by atoms with Crippen molar-refractivity contribution in [2.45, 2.75) is 19.8 Å². The van der Waals surface area contributed by atoms with Gasteiger partial charge in [-0.05, 0) is 52.1 Å². The van der Waals surface area contributed by atoms with Gasteiger partial charge >= 0.3 is 0 Å². The predicted molar refractivity (Wildman–Crippen MR) is 76.0 cm³/mol. The van der Waals surface area contributed by atoms with Crippen LogP contribution in [0.15, 0.2) is 22.7 Å². The standard InChI is InChI=1S/C12H11BrFN3OS/c1-2-3-10-11(19-17-16-10)12(18)15-7-4-5-9(14)8(13)6-7/h4-6H,2-3H2,1H3,(H,15,18). The molecular weight excluding hydrogens is 333 g/mol. The molecule has 2 aromatic rings. The molecule has 1 N–H and O–H groups in total. The molecule has 0 atom stereocenters. The Labute approximate surface area is 122 Å². The molecule has 0 saturated carbocycles. The third-order valence-electron chi connectivity index (χ3n) is 2.43. The highest BCUT2D eigenvalue weighted by atomic mass is 79.9. The lowest BCUT2D eigenvalue weighted by atomic mass is 10.2. The van der Waals surface area contributed by atoms with E-state index in [1.807, 2.05) is 6.92 Å². The van der Waals surface area contributed by atoms with Crippen LogP contribution in [0, 0.1) is 5.82 Å². The summed E-state index contributed by atoms with van der Waals surface area (Å²) in [7, 11) is 0. The molecule has 0 fully saturated rings. The Balaban J connectivity index is 2.16. The van der Waals surface area contributed by atoms with Crippen molar-refractivity contribution >= 4 is 39.1 Å². The van der Waals surface area contributed by atoms with E-state index in [1.54, 1.807) is 0 Å². The predicted octanol–water partition coefficient (Wildman–Crippen LogP) is 3.64. The number of carbonyl (C=O) groups excluding carboxylic acids is 1. The van der Waals surface area contributed by atoms with Crippen molar-refractivity contribution in [2.75, 3.05) is 5.32 Å². The van der Waals surface area contributed by atoms with Crippen LogP contribution >= 0.6 is 27.5 Å². The first-order chi connectivity index (χ1) is 9.11. The molecule has 0 bridgehead atoms. The fourth-order valence-electron chi connectivity index (χ4n) is 1.54. The van der Waals surface area contributed by atoms with Gasteiger partial charge in [0.1, 0.15) is 10.7 Å². The largest absolute Gasteiger partial charge is 0.321 e. The van der Waals surface area contributed by atoms with E-state index in [1.165, 1.54) is 18.2 Å². The first-order valence-electron chi connectivity index (χ1n) is 5.69. The number of aryl methyl sites for hydroxylation is 1. The number of hydrogen-bond donors (Lipinski definition) is 1. The van der Waals surface area contributed by atoms with Gasteiger partial charge in [0.25, 0.3) is 5.91 Å². The first kappa shape index (κ1) is 14.1. The molecule has 0 aliphatic carbocycles. The summed E-state index contributed by atoms with van der Waals surface area (Å²) in [5, 5.41) is 6.64. The van der Waals surface area contributed by atoms with Crippen molar-refractivity contribution < 1.29 is 9.18 Å². The lowest BCUT2D eigenvalue weighted by molar-refractivity contribution is 0.102. The Morgan fingerprint density at radius 2 is 2.32 bits per heavy atom. The minimum absolute atomic E-state index is 0.267. The van der Waals surface area contributed by atoms with Gasteiger partial charge in [0, 0.05) is 5.69 Å². The summed E-state index contributed by atoms with van der Waals surface area (Å²) in [4.78, 5) is 12.6. The van der Waals surface area contributed by atoms with E-state index in [9.17, 15) is 9.18 Å². The van der Waals surface area contributed by atoms with E-state index in [0.717, 1.165) is 18.0 Å². The second kappa shape index (κ2) is 6.21. The maximum absolute atomic E-state index is 13.1. The summed E-state index contributed by atoms with van der Waals surface area (Å²) in [6.45, 7) is 2.01. The first-order valence-corrected chi connectivity index (χ1v) is 7.26. The summed E-state index contributed by atoms with van der Waals surface area (Å²) in [5.41, 5.74) is 1.22. The molecule has 100 valence electrons. The molecule has 0 unspecified atom stereocenters. The summed E-state index contributed by atoms with van der Waals surface area (Å²) in [6.07, 6.45) is 1.61. The molecule has 0 spiro atoms. The molecule has 7 heteroatoms. The highest BCUT2D eigenvalue weighted by Gasteiger charge is 2.16. The fourth-order valence-corrected chi connectivity index (χ4v) is 2.53. The highest BCUT2D eigenvalue weighted by molar-refractivity contribution is 9.10. The zero-order valence-electron chi connectivity index (χ0n) is 10.1. The van der Waals surface area contributed by atoms with Crippen LogP contribution in [0.2, 0.25) is 0 Å². The van der Waals surface area contributed by atoms with Crippen LogP contribution in [0.4, 0.5) is 10.1 Å². The van der Waals surface area contributed by atoms with Gasteiger partial charge in [0.2, 0.25) is 0 Å². The molecule has 1 heterocycles.